The van der Waals surface area contributed by atoms with Gasteiger partial charge in [0.15, 0.2) is 0 Å². The zero-order valence-corrected chi connectivity index (χ0v) is 13.8. The van der Waals surface area contributed by atoms with Gasteiger partial charge < -0.3 is 10.1 Å². The van der Waals surface area contributed by atoms with E-state index in [4.69, 9.17) is 4.74 Å². The Labute approximate surface area is 141 Å². The largest absolute Gasteiger partial charge is 0.495 e. The molecule has 6 nitrogen and oxygen atoms in total. The Morgan fingerprint density at radius 3 is 2.48 bits per heavy atom. The number of anilines is 1. The molecule has 0 bridgehead atoms. The first-order valence-corrected chi connectivity index (χ1v) is 7.42. The summed E-state index contributed by atoms with van der Waals surface area (Å²) in [5, 5.41) is 6.21. The molecule has 0 radical (unpaired) electrons. The maximum atomic E-state index is 11.8. The number of hydrogen-bond acceptors (Lipinski definition) is 4. The molecule has 7 heteroatoms. The second kappa shape index (κ2) is 8.09. The number of carbonyl (C=O) groups excluding carboxylic acids is 2. The molecule has 0 aliphatic rings. The smallest absolute Gasteiger partial charge is 0.329 e. The SMILES string of the molecule is COc1ccccc1NC(=O)C(=O)N/N=C\c1ccc(Br)cc1. The Balaban J connectivity index is 1.92. The molecule has 0 aliphatic carbocycles. The summed E-state index contributed by atoms with van der Waals surface area (Å²) in [6.45, 7) is 0. The van der Waals surface area contributed by atoms with Gasteiger partial charge in [0.2, 0.25) is 0 Å². The minimum Gasteiger partial charge on any atom is -0.495 e. The molecule has 0 heterocycles. The lowest BCUT2D eigenvalue weighted by atomic mass is 10.2. The highest BCUT2D eigenvalue weighted by molar-refractivity contribution is 9.10. The number of rotatable bonds is 4. The van der Waals surface area contributed by atoms with Crippen LogP contribution in [0.1, 0.15) is 5.56 Å². The highest BCUT2D eigenvalue weighted by atomic mass is 79.9. The molecule has 0 fully saturated rings. The highest BCUT2D eigenvalue weighted by Gasteiger charge is 2.14. The van der Waals surface area contributed by atoms with Gasteiger partial charge in [-0.25, -0.2) is 5.43 Å². The molecule has 0 unspecified atom stereocenters. The van der Waals surface area contributed by atoms with Crippen LogP contribution in [0.25, 0.3) is 0 Å². The first-order valence-electron chi connectivity index (χ1n) is 6.63. The maximum absolute atomic E-state index is 11.8. The number of hydrogen-bond donors (Lipinski definition) is 2. The maximum Gasteiger partial charge on any atom is 0.329 e. The first-order chi connectivity index (χ1) is 11.1. The molecular formula is C16H14BrN3O3. The summed E-state index contributed by atoms with van der Waals surface area (Å²) < 4.78 is 6.03. The van der Waals surface area contributed by atoms with Crippen molar-refractivity contribution >= 4 is 39.6 Å². The summed E-state index contributed by atoms with van der Waals surface area (Å²) in [5.41, 5.74) is 3.37. The van der Waals surface area contributed by atoms with Crippen LogP contribution >= 0.6 is 15.9 Å². The number of amides is 2. The van der Waals surface area contributed by atoms with Crippen LogP contribution in [-0.2, 0) is 9.59 Å². The van der Waals surface area contributed by atoms with E-state index < -0.39 is 11.8 Å². The molecule has 118 valence electrons. The Bertz CT molecular complexity index is 730. The third-order valence-corrected chi connectivity index (χ3v) is 3.34. The van der Waals surface area contributed by atoms with Crippen LogP contribution in [0.2, 0.25) is 0 Å². The lowest BCUT2D eigenvalue weighted by molar-refractivity contribution is -0.136. The van der Waals surface area contributed by atoms with Gasteiger partial charge in [-0.05, 0) is 29.8 Å². The molecule has 0 saturated carbocycles. The summed E-state index contributed by atoms with van der Waals surface area (Å²) >= 11 is 3.32. The lowest BCUT2D eigenvalue weighted by Crippen LogP contribution is -2.32. The fraction of sp³-hybridized carbons (Fsp3) is 0.0625. The third kappa shape index (κ3) is 4.93. The number of para-hydroxylation sites is 2. The number of ether oxygens (including phenoxy) is 1. The first kappa shape index (κ1) is 16.7. The van der Waals surface area contributed by atoms with E-state index in [0.29, 0.717) is 11.4 Å². The number of benzene rings is 2. The normalized spacial score (nSPS) is 10.3. The van der Waals surface area contributed by atoms with Gasteiger partial charge in [0.25, 0.3) is 0 Å². The predicted molar refractivity (Wildman–Crippen MR) is 91.5 cm³/mol. The number of carbonyl (C=O) groups is 2. The van der Waals surface area contributed by atoms with Crippen LogP contribution in [-0.4, -0.2) is 25.1 Å². The van der Waals surface area contributed by atoms with Crippen LogP contribution in [0, 0.1) is 0 Å². The van der Waals surface area contributed by atoms with Gasteiger partial charge in [-0.15, -0.1) is 0 Å². The van der Waals surface area contributed by atoms with E-state index in [0.717, 1.165) is 10.0 Å². The van der Waals surface area contributed by atoms with Crippen molar-refractivity contribution in [2.24, 2.45) is 5.10 Å². The number of methoxy groups -OCH3 is 1. The van der Waals surface area contributed by atoms with Gasteiger partial charge >= 0.3 is 11.8 Å². The molecule has 0 aromatic heterocycles. The molecule has 2 aromatic carbocycles. The van der Waals surface area contributed by atoms with Crippen molar-refractivity contribution < 1.29 is 14.3 Å². The number of halogens is 1. The highest BCUT2D eigenvalue weighted by Crippen LogP contribution is 2.22. The quantitative estimate of drug-likeness (QED) is 0.489. The standard InChI is InChI=1S/C16H14BrN3O3/c1-23-14-5-3-2-4-13(14)19-15(21)16(22)20-18-10-11-6-8-12(17)9-7-11/h2-10H,1H3,(H,19,21)(H,20,22)/b18-10-. The zero-order valence-electron chi connectivity index (χ0n) is 12.2. The average molecular weight is 376 g/mol. The van der Waals surface area contributed by atoms with E-state index in [1.807, 2.05) is 24.3 Å². The van der Waals surface area contributed by atoms with Gasteiger partial charge in [-0.1, -0.05) is 40.2 Å². The number of nitrogens with one attached hydrogen (secondary N) is 2. The summed E-state index contributed by atoms with van der Waals surface area (Å²) in [7, 11) is 1.48. The number of nitrogens with zero attached hydrogens (tertiary/aromatic N) is 1. The molecule has 0 spiro atoms. The minimum atomic E-state index is -0.871. The minimum absolute atomic E-state index is 0.409. The molecule has 2 aromatic rings. The molecule has 0 saturated heterocycles. The van der Waals surface area contributed by atoms with Crippen LogP contribution in [0.15, 0.2) is 58.1 Å². The van der Waals surface area contributed by atoms with Crippen LogP contribution in [0.4, 0.5) is 5.69 Å². The summed E-state index contributed by atoms with van der Waals surface area (Å²) in [4.78, 5) is 23.5. The van der Waals surface area contributed by atoms with E-state index in [2.05, 4.69) is 31.8 Å². The van der Waals surface area contributed by atoms with E-state index >= 15 is 0 Å². The average Bonchev–Trinajstić information content (AvgIpc) is 2.57. The molecule has 2 amide bonds. The van der Waals surface area contributed by atoms with Crippen LogP contribution in [0.5, 0.6) is 5.75 Å². The van der Waals surface area contributed by atoms with Gasteiger partial charge in [-0.2, -0.15) is 5.10 Å². The molecule has 2 rings (SSSR count). The second-order valence-electron chi connectivity index (χ2n) is 4.41. The Hall–Kier alpha value is -2.67. The van der Waals surface area contributed by atoms with Crippen molar-refractivity contribution in [3.05, 3.63) is 58.6 Å². The fourth-order valence-corrected chi connectivity index (χ4v) is 1.96. The van der Waals surface area contributed by atoms with Crippen LogP contribution < -0.4 is 15.5 Å². The van der Waals surface area contributed by atoms with Crippen molar-refractivity contribution in [3.8, 4) is 5.75 Å². The summed E-state index contributed by atoms with van der Waals surface area (Å²) in [6.07, 6.45) is 1.45. The van der Waals surface area contributed by atoms with Gasteiger partial charge in [0.1, 0.15) is 5.75 Å². The lowest BCUT2D eigenvalue weighted by Gasteiger charge is -2.08. The van der Waals surface area contributed by atoms with Crippen LogP contribution in [0.3, 0.4) is 0 Å². The Morgan fingerprint density at radius 2 is 1.78 bits per heavy atom. The summed E-state index contributed by atoms with van der Waals surface area (Å²) in [5.74, 6) is -1.24. The third-order valence-electron chi connectivity index (χ3n) is 2.81. The molecule has 0 atom stereocenters. The number of hydrazone groups is 1. The van der Waals surface area contributed by atoms with Crippen molar-refractivity contribution in [1.82, 2.24) is 5.43 Å². The molecule has 2 N–H and O–H groups in total. The van der Waals surface area contributed by atoms with Gasteiger partial charge in [0, 0.05) is 4.47 Å². The van der Waals surface area contributed by atoms with Gasteiger partial charge in [0.05, 0.1) is 19.0 Å². The topological polar surface area (TPSA) is 79.8 Å². The van der Waals surface area contributed by atoms with E-state index in [-0.39, 0.29) is 0 Å². The van der Waals surface area contributed by atoms with Crippen molar-refractivity contribution in [1.29, 1.82) is 0 Å². The monoisotopic (exact) mass is 375 g/mol. The fourth-order valence-electron chi connectivity index (χ4n) is 1.69. The predicted octanol–water partition coefficient (Wildman–Crippen LogP) is 2.55. The zero-order chi connectivity index (χ0) is 16.7. The molecule has 0 aliphatic heterocycles. The van der Waals surface area contributed by atoms with Gasteiger partial charge in [-0.3, -0.25) is 9.59 Å². The molecule has 23 heavy (non-hydrogen) atoms. The van der Waals surface area contributed by atoms with E-state index in [1.165, 1.54) is 13.3 Å². The van der Waals surface area contributed by atoms with Crippen molar-refractivity contribution in [3.63, 3.8) is 0 Å². The van der Waals surface area contributed by atoms with E-state index in [9.17, 15) is 9.59 Å². The van der Waals surface area contributed by atoms with Crippen molar-refractivity contribution in [2.45, 2.75) is 0 Å². The Morgan fingerprint density at radius 1 is 1.09 bits per heavy atom. The molecular weight excluding hydrogens is 362 g/mol. The Kier molecular flexibility index (Phi) is 5.87. The van der Waals surface area contributed by atoms with Crippen molar-refractivity contribution in [2.75, 3.05) is 12.4 Å². The summed E-state index contributed by atoms with van der Waals surface area (Å²) in [6, 6.07) is 14.1. The second-order valence-corrected chi connectivity index (χ2v) is 5.32. The van der Waals surface area contributed by atoms with E-state index in [1.54, 1.807) is 24.3 Å².